The Hall–Kier alpha value is -1.07. The smallest absolute Gasteiger partial charge is 0.0662 e. The van der Waals surface area contributed by atoms with Crippen LogP contribution in [-0.4, -0.2) is 34.3 Å². The molecule has 0 radical (unpaired) electrons. The Bertz CT molecular complexity index is 711. The van der Waals surface area contributed by atoms with E-state index >= 15 is 0 Å². The van der Waals surface area contributed by atoms with Gasteiger partial charge in [0.2, 0.25) is 0 Å². The average molecular weight is 383 g/mol. The van der Waals surface area contributed by atoms with Crippen LogP contribution in [0.3, 0.4) is 0 Å². The molecule has 1 aliphatic rings. The van der Waals surface area contributed by atoms with Gasteiger partial charge in [0.05, 0.1) is 12.2 Å². The van der Waals surface area contributed by atoms with E-state index in [0.717, 1.165) is 43.4 Å². The second-order valence-electron chi connectivity index (χ2n) is 7.41. The van der Waals surface area contributed by atoms with Gasteiger partial charge in [-0.25, -0.2) is 0 Å². The monoisotopic (exact) mass is 382 g/mol. The minimum atomic E-state index is 0. The Morgan fingerprint density at radius 2 is 1.88 bits per heavy atom. The standard InChI is InChI=1S/C19H27ClN4.ClH/c1-14-18(11-23-9-8-19(3,12-21)13-23)15(2)24(22-14)10-16-4-6-17(20)7-5-16;/h4-7H,8-13,21H2,1-3H3;1H. The third kappa shape index (κ3) is 4.56. The molecule has 6 heteroatoms. The van der Waals surface area contributed by atoms with Gasteiger partial charge in [-0.2, -0.15) is 5.10 Å². The van der Waals surface area contributed by atoms with Gasteiger partial charge in [-0.05, 0) is 56.5 Å². The molecular weight excluding hydrogens is 355 g/mol. The molecule has 25 heavy (non-hydrogen) atoms. The summed E-state index contributed by atoms with van der Waals surface area (Å²) in [4.78, 5) is 2.51. The minimum Gasteiger partial charge on any atom is -0.330 e. The third-order valence-electron chi connectivity index (χ3n) is 5.29. The molecule has 2 N–H and O–H groups in total. The average Bonchev–Trinajstić information content (AvgIpc) is 3.06. The summed E-state index contributed by atoms with van der Waals surface area (Å²) >= 11 is 5.97. The zero-order valence-corrected chi connectivity index (χ0v) is 16.8. The number of likely N-dealkylation sites (tertiary alicyclic amines) is 1. The fourth-order valence-electron chi connectivity index (χ4n) is 3.53. The summed E-state index contributed by atoms with van der Waals surface area (Å²) < 4.78 is 2.10. The van der Waals surface area contributed by atoms with Crippen LogP contribution in [0.4, 0.5) is 0 Å². The highest BCUT2D eigenvalue weighted by Crippen LogP contribution is 2.30. The van der Waals surface area contributed by atoms with Gasteiger partial charge in [0.15, 0.2) is 0 Å². The molecule has 1 fully saturated rings. The van der Waals surface area contributed by atoms with Crippen LogP contribution >= 0.6 is 24.0 Å². The molecule has 2 heterocycles. The number of benzene rings is 1. The van der Waals surface area contributed by atoms with Crippen molar-refractivity contribution in [2.45, 2.75) is 40.3 Å². The maximum atomic E-state index is 5.97. The van der Waals surface area contributed by atoms with E-state index in [9.17, 15) is 0 Å². The lowest BCUT2D eigenvalue weighted by molar-refractivity contribution is 0.273. The molecular formula is C19H28Cl2N4. The van der Waals surface area contributed by atoms with Crippen molar-refractivity contribution in [1.82, 2.24) is 14.7 Å². The summed E-state index contributed by atoms with van der Waals surface area (Å²) in [5.41, 5.74) is 11.1. The van der Waals surface area contributed by atoms with Gasteiger partial charge in [0.1, 0.15) is 0 Å². The lowest BCUT2D eigenvalue weighted by Gasteiger charge is -2.22. The number of nitrogens with zero attached hydrogens (tertiary/aromatic N) is 3. The lowest BCUT2D eigenvalue weighted by atomic mass is 9.90. The summed E-state index contributed by atoms with van der Waals surface area (Å²) in [7, 11) is 0. The highest BCUT2D eigenvalue weighted by atomic mass is 35.5. The Balaban J connectivity index is 0.00000225. The van der Waals surface area contributed by atoms with E-state index in [1.165, 1.54) is 23.2 Å². The predicted octanol–water partition coefficient (Wildman–Crippen LogP) is 3.79. The van der Waals surface area contributed by atoms with Crippen LogP contribution in [0.1, 0.15) is 35.9 Å². The van der Waals surface area contributed by atoms with Crippen molar-refractivity contribution in [2.24, 2.45) is 11.1 Å². The Morgan fingerprint density at radius 3 is 2.48 bits per heavy atom. The SMILES string of the molecule is Cc1nn(Cc2ccc(Cl)cc2)c(C)c1CN1CCC(C)(CN)C1.Cl. The van der Waals surface area contributed by atoms with Crippen molar-refractivity contribution in [3.8, 4) is 0 Å². The van der Waals surface area contributed by atoms with Gasteiger partial charge < -0.3 is 5.73 Å². The van der Waals surface area contributed by atoms with Crippen LogP contribution in [0.15, 0.2) is 24.3 Å². The van der Waals surface area contributed by atoms with Gasteiger partial charge in [-0.3, -0.25) is 9.58 Å². The van der Waals surface area contributed by atoms with Crippen LogP contribution < -0.4 is 5.73 Å². The largest absolute Gasteiger partial charge is 0.330 e. The van der Waals surface area contributed by atoms with Crippen molar-refractivity contribution < 1.29 is 0 Å². The van der Waals surface area contributed by atoms with E-state index < -0.39 is 0 Å². The topological polar surface area (TPSA) is 47.1 Å². The van der Waals surface area contributed by atoms with E-state index in [2.05, 4.69) is 42.5 Å². The molecule has 1 aromatic carbocycles. The maximum Gasteiger partial charge on any atom is 0.0662 e. The first-order valence-electron chi connectivity index (χ1n) is 8.60. The van der Waals surface area contributed by atoms with E-state index in [1.807, 2.05) is 12.1 Å². The predicted molar refractivity (Wildman–Crippen MR) is 107 cm³/mol. The van der Waals surface area contributed by atoms with Gasteiger partial charge in [0, 0.05) is 29.4 Å². The normalized spacial score (nSPS) is 20.7. The van der Waals surface area contributed by atoms with Crippen molar-refractivity contribution in [2.75, 3.05) is 19.6 Å². The molecule has 0 saturated carbocycles. The molecule has 138 valence electrons. The molecule has 0 aliphatic carbocycles. The quantitative estimate of drug-likeness (QED) is 0.855. The molecule has 1 aromatic heterocycles. The Labute approximate surface area is 161 Å². The van der Waals surface area contributed by atoms with Crippen LogP contribution in [0.2, 0.25) is 5.02 Å². The first-order chi connectivity index (χ1) is 11.4. The van der Waals surface area contributed by atoms with Crippen LogP contribution in [0.25, 0.3) is 0 Å². The minimum absolute atomic E-state index is 0. The molecule has 0 amide bonds. The van der Waals surface area contributed by atoms with Gasteiger partial charge in [-0.1, -0.05) is 30.7 Å². The molecule has 1 aliphatic heterocycles. The third-order valence-corrected chi connectivity index (χ3v) is 5.54. The summed E-state index contributed by atoms with van der Waals surface area (Å²) in [6.07, 6.45) is 1.18. The molecule has 0 spiro atoms. The number of aryl methyl sites for hydroxylation is 1. The molecule has 0 bridgehead atoms. The van der Waals surface area contributed by atoms with Crippen LogP contribution in [-0.2, 0) is 13.1 Å². The highest BCUT2D eigenvalue weighted by Gasteiger charge is 2.33. The van der Waals surface area contributed by atoms with Crippen molar-refractivity contribution in [3.63, 3.8) is 0 Å². The Morgan fingerprint density at radius 1 is 1.20 bits per heavy atom. The Kier molecular flexibility index (Phi) is 6.55. The number of hydrogen-bond acceptors (Lipinski definition) is 3. The first kappa shape index (κ1) is 20.2. The molecule has 3 rings (SSSR count). The fraction of sp³-hybridized carbons (Fsp3) is 0.526. The maximum absolute atomic E-state index is 5.97. The van der Waals surface area contributed by atoms with Crippen LogP contribution in [0, 0.1) is 19.3 Å². The van der Waals surface area contributed by atoms with Crippen molar-refractivity contribution >= 4 is 24.0 Å². The molecule has 2 aromatic rings. The zero-order valence-electron chi connectivity index (χ0n) is 15.3. The number of aromatic nitrogens is 2. The van der Waals surface area contributed by atoms with E-state index in [-0.39, 0.29) is 17.8 Å². The number of rotatable bonds is 5. The van der Waals surface area contributed by atoms with Gasteiger partial charge in [-0.15, -0.1) is 12.4 Å². The molecule has 4 nitrogen and oxygen atoms in total. The second-order valence-corrected chi connectivity index (χ2v) is 7.85. The summed E-state index contributed by atoms with van der Waals surface area (Å²) in [6, 6.07) is 7.99. The van der Waals surface area contributed by atoms with E-state index in [0.29, 0.717) is 0 Å². The zero-order chi connectivity index (χ0) is 17.3. The summed E-state index contributed by atoms with van der Waals surface area (Å²) in [5, 5.41) is 5.53. The first-order valence-corrected chi connectivity index (χ1v) is 8.98. The molecule has 1 unspecified atom stereocenters. The van der Waals surface area contributed by atoms with E-state index in [4.69, 9.17) is 22.4 Å². The second kappa shape index (κ2) is 8.09. The van der Waals surface area contributed by atoms with Gasteiger partial charge >= 0.3 is 0 Å². The lowest BCUT2D eigenvalue weighted by Crippen LogP contribution is -2.31. The van der Waals surface area contributed by atoms with Crippen molar-refractivity contribution in [1.29, 1.82) is 0 Å². The molecule has 1 saturated heterocycles. The summed E-state index contributed by atoms with van der Waals surface area (Å²) in [5.74, 6) is 0. The van der Waals surface area contributed by atoms with E-state index in [1.54, 1.807) is 0 Å². The van der Waals surface area contributed by atoms with Crippen molar-refractivity contribution in [3.05, 3.63) is 51.8 Å². The number of hydrogen-bond donors (Lipinski definition) is 1. The number of nitrogens with two attached hydrogens (primary N) is 1. The number of halogens is 2. The van der Waals surface area contributed by atoms with Crippen LogP contribution in [0.5, 0.6) is 0 Å². The molecule has 1 atom stereocenters. The summed E-state index contributed by atoms with van der Waals surface area (Å²) in [6.45, 7) is 11.3. The fourth-order valence-corrected chi connectivity index (χ4v) is 3.66. The highest BCUT2D eigenvalue weighted by molar-refractivity contribution is 6.30. The van der Waals surface area contributed by atoms with Gasteiger partial charge in [0.25, 0.3) is 0 Å².